The van der Waals surface area contributed by atoms with E-state index in [1.165, 1.54) is 30.6 Å². The number of pyridine rings is 2. The fraction of sp³-hybridized carbons (Fsp3) is 0.0833. The molecular formula is C12H9ClN4O4. The van der Waals surface area contributed by atoms with Crippen LogP contribution >= 0.6 is 11.6 Å². The molecule has 0 radical (unpaired) electrons. The number of carboxylic acids is 1. The molecule has 0 bridgehead atoms. The number of rotatable bonds is 5. The van der Waals surface area contributed by atoms with Crippen LogP contribution in [0.5, 0.6) is 0 Å². The first-order chi connectivity index (χ1) is 9.97. The summed E-state index contributed by atoms with van der Waals surface area (Å²) in [5.74, 6) is -1.04. The van der Waals surface area contributed by atoms with Crippen molar-refractivity contribution in [1.29, 1.82) is 0 Å². The average Bonchev–Trinajstić information content (AvgIpc) is 2.46. The van der Waals surface area contributed by atoms with Gasteiger partial charge in [-0.2, -0.15) is 0 Å². The summed E-state index contributed by atoms with van der Waals surface area (Å²) in [6, 6.07) is 3.91. The summed E-state index contributed by atoms with van der Waals surface area (Å²) in [6.07, 6.45) is 2.63. The van der Waals surface area contributed by atoms with Gasteiger partial charge in [-0.1, -0.05) is 11.6 Å². The van der Waals surface area contributed by atoms with Gasteiger partial charge < -0.3 is 10.4 Å². The van der Waals surface area contributed by atoms with Crippen molar-refractivity contribution in [2.45, 2.75) is 6.54 Å². The Bertz CT molecular complexity index is 707. The van der Waals surface area contributed by atoms with Crippen molar-refractivity contribution in [3.05, 3.63) is 57.0 Å². The molecule has 0 saturated heterocycles. The van der Waals surface area contributed by atoms with E-state index in [-0.39, 0.29) is 28.6 Å². The van der Waals surface area contributed by atoms with E-state index in [1.807, 2.05) is 0 Å². The van der Waals surface area contributed by atoms with Gasteiger partial charge in [-0.3, -0.25) is 15.1 Å². The highest BCUT2D eigenvalue weighted by Crippen LogP contribution is 2.25. The van der Waals surface area contributed by atoms with E-state index in [1.54, 1.807) is 0 Å². The predicted molar refractivity (Wildman–Crippen MR) is 74.4 cm³/mol. The smallest absolute Gasteiger partial charge is 0.335 e. The standard InChI is InChI=1S/C12H9ClN4O4/c13-8-4-10(17(20)21)11(15-5-8)16-6-9-3-7(12(18)19)1-2-14-9/h1-5H,6H2,(H,15,16)(H,18,19). The van der Waals surface area contributed by atoms with Crippen molar-refractivity contribution in [3.8, 4) is 0 Å². The molecule has 21 heavy (non-hydrogen) atoms. The third kappa shape index (κ3) is 3.63. The molecule has 0 aliphatic carbocycles. The molecule has 0 saturated carbocycles. The molecule has 9 heteroatoms. The van der Waals surface area contributed by atoms with Gasteiger partial charge in [0.15, 0.2) is 0 Å². The van der Waals surface area contributed by atoms with Crippen molar-refractivity contribution >= 4 is 29.1 Å². The number of hydrogen-bond acceptors (Lipinski definition) is 6. The monoisotopic (exact) mass is 308 g/mol. The van der Waals surface area contributed by atoms with Crippen molar-refractivity contribution in [1.82, 2.24) is 9.97 Å². The molecule has 2 rings (SSSR count). The van der Waals surface area contributed by atoms with Gasteiger partial charge in [-0.05, 0) is 12.1 Å². The Labute approximate surface area is 123 Å². The summed E-state index contributed by atoms with van der Waals surface area (Å²) in [5, 5.41) is 22.7. The molecule has 0 aromatic carbocycles. The van der Waals surface area contributed by atoms with Gasteiger partial charge in [0.2, 0.25) is 5.82 Å². The second-order valence-electron chi connectivity index (χ2n) is 3.97. The van der Waals surface area contributed by atoms with Crippen LogP contribution in [0, 0.1) is 10.1 Å². The van der Waals surface area contributed by atoms with E-state index in [0.717, 1.165) is 0 Å². The molecule has 8 nitrogen and oxygen atoms in total. The molecule has 0 aliphatic rings. The maximum atomic E-state index is 10.9. The van der Waals surface area contributed by atoms with E-state index in [0.29, 0.717) is 5.69 Å². The predicted octanol–water partition coefficient (Wildman–Crippen LogP) is 2.35. The topological polar surface area (TPSA) is 118 Å². The van der Waals surface area contributed by atoms with Crippen LogP contribution < -0.4 is 5.32 Å². The number of nitro groups is 1. The minimum Gasteiger partial charge on any atom is -0.478 e. The molecule has 0 unspecified atom stereocenters. The Morgan fingerprint density at radius 1 is 1.43 bits per heavy atom. The Balaban J connectivity index is 2.18. The Kier molecular flexibility index (Phi) is 4.29. The molecule has 2 heterocycles. The van der Waals surface area contributed by atoms with Crippen molar-refractivity contribution < 1.29 is 14.8 Å². The van der Waals surface area contributed by atoms with Gasteiger partial charge in [0.25, 0.3) is 0 Å². The fourth-order valence-corrected chi connectivity index (χ4v) is 1.74. The molecule has 108 valence electrons. The van der Waals surface area contributed by atoms with Gasteiger partial charge in [-0.25, -0.2) is 9.78 Å². The van der Waals surface area contributed by atoms with Gasteiger partial charge in [0.05, 0.1) is 27.7 Å². The van der Waals surface area contributed by atoms with Crippen LogP contribution in [0.2, 0.25) is 5.02 Å². The number of aromatic carboxylic acids is 1. The lowest BCUT2D eigenvalue weighted by atomic mass is 10.2. The van der Waals surface area contributed by atoms with Gasteiger partial charge in [-0.15, -0.1) is 0 Å². The number of carbonyl (C=O) groups is 1. The summed E-state index contributed by atoms with van der Waals surface area (Å²) in [5.41, 5.74) is 0.234. The molecular weight excluding hydrogens is 300 g/mol. The maximum Gasteiger partial charge on any atom is 0.335 e. The van der Waals surface area contributed by atoms with Crippen molar-refractivity contribution in [2.24, 2.45) is 0 Å². The van der Waals surface area contributed by atoms with Crippen LogP contribution in [0.3, 0.4) is 0 Å². The number of nitrogens with one attached hydrogen (secondary N) is 1. The van der Waals surface area contributed by atoms with Gasteiger partial charge in [0, 0.05) is 18.5 Å². The summed E-state index contributed by atoms with van der Waals surface area (Å²) in [7, 11) is 0. The SMILES string of the molecule is O=C(O)c1ccnc(CNc2ncc(Cl)cc2[N+](=O)[O-])c1. The highest BCUT2D eigenvalue weighted by molar-refractivity contribution is 6.30. The molecule has 0 fully saturated rings. The number of hydrogen-bond donors (Lipinski definition) is 2. The van der Waals surface area contributed by atoms with Crippen LogP contribution in [0.1, 0.15) is 16.1 Å². The number of aromatic nitrogens is 2. The zero-order valence-corrected chi connectivity index (χ0v) is 11.2. The molecule has 2 aromatic heterocycles. The maximum absolute atomic E-state index is 10.9. The van der Waals surface area contributed by atoms with Gasteiger partial charge >= 0.3 is 11.7 Å². The number of nitrogens with zero attached hydrogens (tertiary/aromatic N) is 3. The zero-order valence-electron chi connectivity index (χ0n) is 10.5. The van der Waals surface area contributed by atoms with Crippen molar-refractivity contribution in [3.63, 3.8) is 0 Å². The third-order valence-electron chi connectivity index (χ3n) is 2.53. The summed E-state index contributed by atoms with van der Waals surface area (Å²) in [4.78, 5) is 29.0. The minimum absolute atomic E-state index is 0.0342. The molecule has 0 amide bonds. The first-order valence-corrected chi connectivity index (χ1v) is 6.07. The summed E-state index contributed by atoms with van der Waals surface area (Å²) in [6.45, 7) is 0.0938. The second kappa shape index (κ2) is 6.14. The molecule has 0 atom stereocenters. The minimum atomic E-state index is -1.07. The molecule has 2 aromatic rings. The Morgan fingerprint density at radius 3 is 2.86 bits per heavy atom. The average molecular weight is 309 g/mol. The lowest BCUT2D eigenvalue weighted by Crippen LogP contribution is -2.07. The second-order valence-corrected chi connectivity index (χ2v) is 4.41. The van der Waals surface area contributed by atoms with E-state index in [9.17, 15) is 14.9 Å². The lowest BCUT2D eigenvalue weighted by molar-refractivity contribution is -0.384. The largest absolute Gasteiger partial charge is 0.478 e. The fourth-order valence-electron chi connectivity index (χ4n) is 1.59. The molecule has 2 N–H and O–H groups in total. The Hall–Kier alpha value is -2.74. The van der Waals surface area contributed by atoms with Crippen molar-refractivity contribution in [2.75, 3.05) is 5.32 Å². The number of carboxylic acid groups (broad SMARTS) is 1. The van der Waals surface area contributed by atoms with Gasteiger partial charge in [0.1, 0.15) is 0 Å². The zero-order chi connectivity index (χ0) is 15.4. The highest BCUT2D eigenvalue weighted by Gasteiger charge is 2.16. The van der Waals surface area contributed by atoms with E-state index in [2.05, 4.69) is 15.3 Å². The van der Waals surface area contributed by atoms with E-state index < -0.39 is 10.9 Å². The van der Waals surface area contributed by atoms with E-state index in [4.69, 9.17) is 16.7 Å². The highest BCUT2D eigenvalue weighted by atomic mass is 35.5. The normalized spacial score (nSPS) is 10.1. The quantitative estimate of drug-likeness (QED) is 0.642. The third-order valence-corrected chi connectivity index (χ3v) is 2.74. The Morgan fingerprint density at radius 2 is 2.19 bits per heavy atom. The molecule has 0 spiro atoms. The summed E-state index contributed by atoms with van der Waals surface area (Å²) >= 11 is 5.66. The van der Waals surface area contributed by atoms with Crippen LogP contribution in [0.15, 0.2) is 30.6 Å². The van der Waals surface area contributed by atoms with E-state index >= 15 is 0 Å². The van der Waals surface area contributed by atoms with Crippen LogP contribution in [0.4, 0.5) is 11.5 Å². The lowest BCUT2D eigenvalue weighted by Gasteiger charge is -2.06. The first kappa shape index (κ1) is 14.7. The molecule has 0 aliphatic heterocycles. The van der Waals surface area contributed by atoms with Crippen LogP contribution in [-0.2, 0) is 6.54 Å². The number of anilines is 1. The summed E-state index contributed by atoms with van der Waals surface area (Å²) < 4.78 is 0. The first-order valence-electron chi connectivity index (χ1n) is 5.69. The van der Waals surface area contributed by atoms with Crippen LogP contribution in [0.25, 0.3) is 0 Å². The number of halogens is 1. The van der Waals surface area contributed by atoms with Crippen LogP contribution in [-0.4, -0.2) is 26.0 Å².